The van der Waals surface area contributed by atoms with Crippen LogP contribution in [0.2, 0.25) is 10.0 Å². The van der Waals surface area contributed by atoms with Crippen molar-refractivity contribution in [3.63, 3.8) is 0 Å². The minimum Gasteiger partial charge on any atom is -0.497 e. The zero-order valence-electron chi connectivity index (χ0n) is 16.9. The molecule has 1 amide bonds. The number of carbonyl (C=O) groups is 1. The fraction of sp³-hybridized carbons (Fsp3) is 0.304. The number of halogens is 2. The van der Waals surface area contributed by atoms with Gasteiger partial charge in [-0.25, -0.2) is 0 Å². The molecule has 3 aromatic rings. The lowest BCUT2D eigenvalue weighted by Crippen LogP contribution is -2.30. The van der Waals surface area contributed by atoms with E-state index in [1.807, 2.05) is 41.3 Å². The van der Waals surface area contributed by atoms with Crippen LogP contribution in [0.4, 0.5) is 0 Å². The van der Waals surface area contributed by atoms with E-state index in [1.165, 1.54) is 0 Å². The maximum absolute atomic E-state index is 13.3. The molecule has 1 aromatic heterocycles. The van der Waals surface area contributed by atoms with Gasteiger partial charge in [-0.1, -0.05) is 49.0 Å². The lowest BCUT2D eigenvalue weighted by molar-refractivity contribution is 0.0740. The molecule has 0 saturated heterocycles. The average molecular weight is 444 g/mol. The fourth-order valence-corrected chi connectivity index (χ4v) is 4.49. The number of hydrogen-bond acceptors (Lipinski definition) is 3. The van der Waals surface area contributed by atoms with Crippen LogP contribution in [0.3, 0.4) is 0 Å². The highest BCUT2D eigenvalue weighted by atomic mass is 35.5. The summed E-state index contributed by atoms with van der Waals surface area (Å²) in [7, 11) is 1.63. The molecule has 0 radical (unpaired) electrons. The van der Waals surface area contributed by atoms with E-state index in [1.54, 1.807) is 13.2 Å². The minimum absolute atomic E-state index is 0.0515. The highest BCUT2D eigenvalue weighted by Crippen LogP contribution is 2.45. The van der Waals surface area contributed by atoms with Crippen LogP contribution in [0, 0.1) is 0 Å². The number of aromatic nitrogens is 2. The Morgan fingerprint density at radius 1 is 1.13 bits per heavy atom. The molecular formula is C23H23Cl2N3O2. The summed E-state index contributed by atoms with van der Waals surface area (Å²) in [6.45, 7) is 2.80. The normalized spacial score (nSPS) is 15.5. The van der Waals surface area contributed by atoms with Gasteiger partial charge in [0.1, 0.15) is 11.4 Å². The second-order valence-electron chi connectivity index (χ2n) is 7.36. The number of benzene rings is 2. The summed E-state index contributed by atoms with van der Waals surface area (Å²) < 4.78 is 5.27. The van der Waals surface area contributed by atoms with Crippen LogP contribution in [0.5, 0.6) is 5.75 Å². The number of carbonyl (C=O) groups excluding carboxylic acids is 1. The van der Waals surface area contributed by atoms with Crippen molar-refractivity contribution in [2.45, 2.75) is 32.2 Å². The van der Waals surface area contributed by atoms with Crippen LogP contribution >= 0.6 is 23.2 Å². The van der Waals surface area contributed by atoms with Gasteiger partial charge in [0.2, 0.25) is 0 Å². The molecule has 0 saturated carbocycles. The second-order valence-corrected chi connectivity index (χ2v) is 8.21. The molecule has 1 atom stereocenters. The van der Waals surface area contributed by atoms with E-state index in [0.29, 0.717) is 22.3 Å². The molecule has 0 bridgehead atoms. The molecule has 30 heavy (non-hydrogen) atoms. The Bertz CT molecular complexity index is 1060. The third-order valence-electron chi connectivity index (χ3n) is 5.49. The van der Waals surface area contributed by atoms with Gasteiger partial charge in [0, 0.05) is 27.7 Å². The smallest absolute Gasteiger partial charge is 0.273 e. The fourth-order valence-electron chi connectivity index (χ4n) is 3.97. The number of nitrogens with one attached hydrogen (secondary N) is 1. The third kappa shape index (κ3) is 3.68. The van der Waals surface area contributed by atoms with Gasteiger partial charge in [0.25, 0.3) is 5.91 Å². The Hall–Kier alpha value is -2.50. The summed E-state index contributed by atoms with van der Waals surface area (Å²) >= 11 is 12.7. The molecule has 2 heterocycles. The topological polar surface area (TPSA) is 58.2 Å². The summed E-state index contributed by atoms with van der Waals surface area (Å²) in [4.78, 5) is 15.2. The summed E-state index contributed by atoms with van der Waals surface area (Å²) in [5.74, 6) is 0.713. The van der Waals surface area contributed by atoms with Crippen LogP contribution in [-0.2, 0) is 0 Å². The number of methoxy groups -OCH3 is 1. The molecule has 0 fully saturated rings. The monoisotopic (exact) mass is 443 g/mol. The number of fused-ring (bicyclic) bond motifs is 1. The lowest BCUT2D eigenvalue weighted by atomic mass is 9.96. The van der Waals surface area contributed by atoms with E-state index in [2.05, 4.69) is 17.1 Å². The first-order valence-corrected chi connectivity index (χ1v) is 10.8. The zero-order valence-corrected chi connectivity index (χ0v) is 18.4. The van der Waals surface area contributed by atoms with Gasteiger partial charge in [-0.3, -0.25) is 9.89 Å². The van der Waals surface area contributed by atoms with E-state index in [9.17, 15) is 4.79 Å². The quantitative estimate of drug-likeness (QED) is 0.446. The summed E-state index contributed by atoms with van der Waals surface area (Å²) in [5, 5.41) is 8.56. The Morgan fingerprint density at radius 3 is 2.57 bits per heavy atom. The van der Waals surface area contributed by atoms with Crippen molar-refractivity contribution in [3.8, 4) is 17.0 Å². The molecular weight excluding hydrogens is 421 g/mol. The first-order chi connectivity index (χ1) is 14.5. The Kier molecular flexibility index (Phi) is 6.02. The number of nitrogens with zero attached hydrogens (tertiary/aromatic N) is 2. The summed E-state index contributed by atoms with van der Waals surface area (Å²) in [6, 6.07) is 12.8. The number of amides is 1. The summed E-state index contributed by atoms with van der Waals surface area (Å²) in [5.41, 5.74) is 3.88. The van der Waals surface area contributed by atoms with Crippen molar-refractivity contribution in [1.29, 1.82) is 0 Å². The first kappa shape index (κ1) is 20.8. The standard InChI is InChI=1S/C23H23Cl2N3O2/c1-3-4-5-12-28-22(17-11-8-15(24)13-18(17)25)19-20(26-27-21(19)23(28)29)14-6-9-16(30-2)10-7-14/h6-11,13,22H,3-5,12H2,1-2H3,(H,26,27). The van der Waals surface area contributed by atoms with Crippen molar-refractivity contribution in [3.05, 3.63) is 69.3 Å². The number of rotatable bonds is 7. The van der Waals surface area contributed by atoms with Crippen LogP contribution in [0.25, 0.3) is 11.3 Å². The Balaban J connectivity index is 1.82. The van der Waals surface area contributed by atoms with Gasteiger partial charge in [-0.15, -0.1) is 0 Å². The highest BCUT2D eigenvalue weighted by Gasteiger charge is 2.42. The molecule has 1 N–H and O–H groups in total. The van der Waals surface area contributed by atoms with Gasteiger partial charge in [-0.05, 0) is 48.4 Å². The van der Waals surface area contributed by atoms with Crippen LogP contribution < -0.4 is 4.74 Å². The number of H-pyrrole nitrogens is 1. The van der Waals surface area contributed by atoms with Crippen LogP contribution in [-0.4, -0.2) is 34.7 Å². The molecule has 1 unspecified atom stereocenters. The molecule has 7 heteroatoms. The predicted molar refractivity (Wildman–Crippen MR) is 119 cm³/mol. The average Bonchev–Trinajstić information content (AvgIpc) is 3.28. The van der Waals surface area contributed by atoms with Crippen molar-refractivity contribution in [2.24, 2.45) is 0 Å². The van der Waals surface area contributed by atoms with Crippen molar-refractivity contribution < 1.29 is 9.53 Å². The number of hydrogen-bond donors (Lipinski definition) is 1. The number of aromatic amines is 1. The van der Waals surface area contributed by atoms with E-state index >= 15 is 0 Å². The van der Waals surface area contributed by atoms with Gasteiger partial charge >= 0.3 is 0 Å². The van der Waals surface area contributed by atoms with Gasteiger partial charge < -0.3 is 9.64 Å². The molecule has 1 aliphatic heterocycles. The minimum atomic E-state index is -0.315. The Labute approximate surface area is 185 Å². The zero-order chi connectivity index (χ0) is 21.3. The Morgan fingerprint density at radius 2 is 1.90 bits per heavy atom. The first-order valence-electron chi connectivity index (χ1n) is 10.0. The number of ether oxygens (including phenoxy) is 1. The van der Waals surface area contributed by atoms with E-state index < -0.39 is 0 Å². The summed E-state index contributed by atoms with van der Waals surface area (Å²) in [6.07, 6.45) is 3.07. The van der Waals surface area contributed by atoms with Crippen molar-refractivity contribution in [1.82, 2.24) is 15.1 Å². The molecule has 1 aliphatic rings. The van der Waals surface area contributed by atoms with Gasteiger partial charge in [-0.2, -0.15) is 5.10 Å². The molecule has 156 valence electrons. The SMILES string of the molecule is CCCCCN1C(=O)c2[nH]nc(-c3ccc(OC)cc3)c2C1c1ccc(Cl)cc1Cl. The van der Waals surface area contributed by atoms with E-state index in [0.717, 1.165) is 47.4 Å². The molecule has 5 nitrogen and oxygen atoms in total. The largest absolute Gasteiger partial charge is 0.497 e. The maximum atomic E-state index is 13.3. The van der Waals surface area contributed by atoms with Crippen molar-refractivity contribution >= 4 is 29.1 Å². The van der Waals surface area contributed by atoms with E-state index in [4.69, 9.17) is 27.9 Å². The molecule has 2 aromatic carbocycles. The van der Waals surface area contributed by atoms with Crippen molar-refractivity contribution in [2.75, 3.05) is 13.7 Å². The van der Waals surface area contributed by atoms with Gasteiger partial charge in [0.15, 0.2) is 0 Å². The molecule has 4 rings (SSSR count). The van der Waals surface area contributed by atoms with Crippen LogP contribution in [0.15, 0.2) is 42.5 Å². The van der Waals surface area contributed by atoms with Crippen LogP contribution in [0.1, 0.15) is 53.8 Å². The molecule has 0 spiro atoms. The third-order valence-corrected chi connectivity index (χ3v) is 6.05. The molecule has 0 aliphatic carbocycles. The highest BCUT2D eigenvalue weighted by molar-refractivity contribution is 6.35. The predicted octanol–water partition coefficient (Wildman–Crippen LogP) is 6.13. The second kappa shape index (κ2) is 8.70. The maximum Gasteiger partial charge on any atom is 0.273 e. The van der Waals surface area contributed by atoms with E-state index in [-0.39, 0.29) is 11.9 Å². The van der Waals surface area contributed by atoms with Gasteiger partial charge in [0.05, 0.1) is 18.8 Å². The number of unbranched alkanes of at least 4 members (excludes halogenated alkanes) is 2. The lowest BCUT2D eigenvalue weighted by Gasteiger charge is -2.27.